The molecule has 0 fully saturated rings. The summed E-state index contributed by atoms with van der Waals surface area (Å²) in [5.74, 6) is -2.81. The van der Waals surface area contributed by atoms with Crippen molar-refractivity contribution in [2.75, 3.05) is 16.3 Å². The molecule has 0 bridgehead atoms. The first kappa shape index (κ1) is 41.1. The van der Waals surface area contributed by atoms with Gasteiger partial charge >= 0.3 is 21.1 Å². The molecule has 0 aliphatic rings. The molecule has 0 saturated heterocycles. The second-order valence-electron chi connectivity index (χ2n) is 14.4. The van der Waals surface area contributed by atoms with Crippen LogP contribution in [0.3, 0.4) is 0 Å². The van der Waals surface area contributed by atoms with Gasteiger partial charge in [-0.25, -0.2) is 0 Å². The molecule has 7 rings (SSSR count). The third kappa shape index (κ3) is 9.02. The zero-order valence-electron chi connectivity index (χ0n) is 31.9. The van der Waals surface area contributed by atoms with Crippen molar-refractivity contribution in [3.05, 3.63) is 186 Å². The summed E-state index contributed by atoms with van der Waals surface area (Å²) in [7, 11) is 0. The molecule has 7 aromatic rings. The third-order valence-corrected chi connectivity index (χ3v) is 9.99. The zero-order chi connectivity index (χ0) is 39.4. The van der Waals surface area contributed by atoms with Crippen LogP contribution in [-0.2, 0) is 26.5 Å². The third-order valence-electron chi connectivity index (χ3n) is 9.99. The van der Waals surface area contributed by atoms with Crippen LogP contribution in [0.1, 0.15) is 45.5 Å². The molecule has 1 unspecified atom stereocenters. The summed E-state index contributed by atoms with van der Waals surface area (Å²) in [6.45, 7) is 8.86. The van der Waals surface area contributed by atoms with Gasteiger partial charge in [0.1, 0.15) is 0 Å². The fourth-order valence-electron chi connectivity index (χ4n) is 6.64. The number of aromatic nitrogens is 2. The number of rotatable bonds is 12. The van der Waals surface area contributed by atoms with Gasteiger partial charge in [-0.3, -0.25) is 17.6 Å². The Labute approximate surface area is 346 Å². The molecule has 0 amide bonds. The van der Waals surface area contributed by atoms with Gasteiger partial charge in [-0.1, -0.05) is 110 Å². The summed E-state index contributed by atoms with van der Waals surface area (Å²) in [6.07, 6.45) is 0.926. The number of pyridine rings is 2. The van der Waals surface area contributed by atoms with E-state index < -0.39 is 28.7 Å². The summed E-state index contributed by atoms with van der Waals surface area (Å²) in [4.78, 5) is 14.3. The Morgan fingerprint density at radius 1 is 0.579 bits per heavy atom. The first-order valence-corrected chi connectivity index (χ1v) is 18.5. The van der Waals surface area contributed by atoms with E-state index in [9.17, 15) is 8.78 Å². The van der Waals surface area contributed by atoms with Crippen LogP contribution in [0.2, 0.25) is 0 Å². The molecule has 0 aliphatic carbocycles. The first-order valence-electron chi connectivity index (χ1n) is 18.5. The second-order valence-corrected chi connectivity index (χ2v) is 14.4. The van der Waals surface area contributed by atoms with E-state index in [1.165, 1.54) is 0 Å². The van der Waals surface area contributed by atoms with Crippen molar-refractivity contribution in [2.24, 2.45) is 5.92 Å². The van der Waals surface area contributed by atoms with Crippen molar-refractivity contribution in [3.63, 3.8) is 0 Å². The van der Waals surface area contributed by atoms with Crippen LogP contribution in [0.4, 0.5) is 46.0 Å². The first-order chi connectivity index (χ1) is 27.0. The topological polar surface area (TPSA) is 32.3 Å². The fraction of sp³-hybridized carbons (Fsp3) is 0.167. The van der Waals surface area contributed by atoms with Crippen molar-refractivity contribution in [2.45, 2.75) is 39.5 Å². The Kier molecular flexibility index (Phi) is 12.7. The molecule has 2 heterocycles. The molecule has 0 spiro atoms. The molecule has 4 nitrogen and oxygen atoms in total. The fourth-order valence-corrected chi connectivity index (χ4v) is 6.64. The number of para-hydroxylation sites is 3. The summed E-state index contributed by atoms with van der Waals surface area (Å²) < 4.78 is 59.5. The number of hydrogen-bond donors (Lipinski definition) is 0. The minimum atomic E-state index is -1.01. The molecule has 2 aromatic heterocycles. The maximum absolute atomic E-state index is 15.6. The molecular weight excluding hydrogens is 904 g/mol. The van der Waals surface area contributed by atoms with Crippen molar-refractivity contribution >= 4 is 28.4 Å². The van der Waals surface area contributed by atoms with Gasteiger partial charge < -0.3 is 19.8 Å². The van der Waals surface area contributed by atoms with E-state index in [4.69, 9.17) is 9.97 Å². The van der Waals surface area contributed by atoms with E-state index in [2.05, 4.69) is 30.9 Å². The van der Waals surface area contributed by atoms with Gasteiger partial charge in [-0.15, -0.1) is 24.3 Å². The van der Waals surface area contributed by atoms with E-state index >= 15 is 8.78 Å². The van der Waals surface area contributed by atoms with Crippen molar-refractivity contribution < 1.29 is 38.6 Å². The van der Waals surface area contributed by atoms with E-state index in [-0.39, 0.29) is 43.6 Å². The Balaban J connectivity index is 0.00000549. The van der Waals surface area contributed by atoms with Gasteiger partial charge in [0.25, 0.3) is 0 Å². The smallest absolute Gasteiger partial charge is 0.342 e. The van der Waals surface area contributed by atoms with E-state index in [1.807, 2.05) is 122 Å². The van der Waals surface area contributed by atoms with Gasteiger partial charge in [0.05, 0.1) is 0 Å². The molecule has 1 atom stereocenters. The largest absolute Gasteiger partial charge is 2.00 e. The van der Waals surface area contributed by atoms with Crippen LogP contribution in [0, 0.1) is 41.3 Å². The maximum atomic E-state index is 15.6. The van der Waals surface area contributed by atoms with Gasteiger partial charge in [-0.2, -0.15) is 0 Å². The molecule has 290 valence electrons. The Hall–Kier alpha value is -5.59. The van der Waals surface area contributed by atoms with E-state index in [1.54, 1.807) is 12.1 Å². The number of hydrogen-bond acceptors (Lipinski definition) is 4. The molecule has 9 heteroatoms. The molecule has 5 aromatic carbocycles. The van der Waals surface area contributed by atoms with Crippen LogP contribution in [0.25, 0.3) is 22.5 Å². The predicted octanol–water partition coefficient (Wildman–Crippen LogP) is 12.9. The molecule has 0 radical (unpaired) electrons. The van der Waals surface area contributed by atoms with Gasteiger partial charge in [0.2, 0.25) is 0 Å². The summed E-state index contributed by atoms with van der Waals surface area (Å²) >= 11 is 0. The summed E-state index contributed by atoms with van der Waals surface area (Å²) in [6, 6.07) is 46.2. The van der Waals surface area contributed by atoms with Crippen LogP contribution in [0.5, 0.6) is 0 Å². The normalized spacial score (nSPS) is 11.8. The Morgan fingerprint density at radius 2 is 1.00 bits per heavy atom. The SMILES string of the molecule is CCC(C)CN(c1ccccc1)c1cc(-c2[c-]cc(F)cc2F)nc(C(C)(C)c2cc(N(c3ccccc3)c3ccccc3)cc(-c3[c-]cc(F)cc3F)n2)c1.[Pt+2]. The Bertz CT molecular complexity index is 2410. The second kappa shape index (κ2) is 17.7. The standard InChI is InChI=1S/C48H40F4N4.Pt/c1-5-32(2)31-55(35-15-9-6-10-16-35)38-27-44(40-23-21-33(49)25-42(40)51)53-46(29-38)48(3,4)47-30-39(28-45(54-47)41-24-22-34(50)26-43(41)52)56(36-17-11-7-12-18-36)37-19-13-8-14-20-37;/h6-22,25-30,32H,5,31H2,1-4H3;/q-2;+2. The van der Waals surface area contributed by atoms with E-state index in [0.717, 1.165) is 53.4 Å². The molecule has 57 heavy (non-hydrogen) atoms. The van der Waals surface area contributed by atoms with Gasteiger partial charge in [0.15, 0.2) is 0 Å². The minimum Gasteiger partial charge on any atom is -0.342 e. The van der Waals surface area contributed by atoms with Crippen molar-refractivity contribution in [1.29, 1.82) is 0 Å². The molecular formula is C48H40F4N4Pt. The Morgan fingerprint density at radius 3 is 1.44 bits per heavy atom. The molecule has 0 saturated carbocycles. The molecule has 0 N–H and O–H groups in total. The number of nitrogens with zero attached hydrogens (tertiary/aromatic N) is 4. The van der Waals surface area contributed by atoms with Crippen LogP contribution >= 0.6 is 0 Å². The number of halogens is 4. The van der Waals surface area contributed by atoms with Gasteiger partial charge in [-0.05, 0) is 79.7 Å². The van der Waals surface area contributed by atoms with E-state index in [0.29, 0.717) is 29.5 Å². The average molecular weight is 944 g/mol. The maximum Gasteiger partial charge on any atom is 2.00 e. The van der Waals surface area contributed by atoms with Gasteiger partial charge in [0, 0.05) is 75.1 Å². The van der Waals surface area contributed by atoms with Crippen LogP contribution in [-0.4, -0.2) is 16.5 Å². The number of benzene rings is 5. The van der Waals surface area contributed by atoms with Crippen LogP contribution in [0.15, 0.2) is 140 Å². The molecule has 0 aliphatic heterocycles. The monoisotopic (exact) mass is 943 g/mol. The number of anilines is 5. The zero-order valence-corrected chi connectivity index (χ0v) is 34.2. The quantitative estimate of drug-likeness (QED) is 0.0902. The predicted molar refractivity (Wildman–Crippen MR) is 217 cm³/mol. The van der Waals surface area contributed by atoms with Crippen molar-refractivity contribution in [1.82, 2.24) is 9.97 Å². The average Bonchev–Trinajstić information content (AvgIpc) is 3.21. The van der Waals surface area contributed by atoms with Crippen LogP contribution < -0.4 is 9.80 Å². The van der Waals surface area contributed by atoms with Crippen molar-refractivity contribution in [3.8, 4) is 22.5 Å². The minimum absolute atomic E-state index is 0. The summed E-state index contributed by atoms with van der Waals surface area (Å²) in [5.41, 5.74) is 4.55. The summed E-state index contributed by atoms with van der Waals surface area (Å²) in [5, 5.41) is 0.